The summed E-state index contributed by atoms with van der Waals surface area (Å²) in [6.07, 6.45) is 1.69. The van der Waals surface area contributed by atoms with E-state index in [1.54, 1.807) is 7.11 Å². The lowest BCUT2D eigenvalue weighted by molar-refractivity contribution is -0.126. The van der Waals surface area contributed by atoms with Crippen LogP contribution in [0.25, 0.3) is 0 Å². The van der Waals surface area contributed by atoms with Crippen molar-refractivity contribution in [2.24, 2.45) is 5.92 Å². The Morgan fingerprint density at radius 3 is 2.58 bits per heavy atom. The standard InChI is InChI=1S/C22H27NO3/c1-15(2)26-21-13-17(9-10-20(21)25-3)19-12-18(22(24)23-14-19)11-16-7-5-4-6-8-16/h4-10,13,15,18-19H,11-12,14H2,1-3H3,(H,23,24)/t18-,19-/m1/s1. The minimum Gasteiger partial charge on any atom is -0.493 e. The molecule has 0 spiro atoms. The molecule has 1 N–H and O–H groups in total. The smallest absolute Gasteiger partial charge is 0.223 e. The van der Waals surface area contributed by atoms with Crippen molar-refractivity contribution < 1.29 is 14.3 Å². The summed E-state index contributed by atoms with van der Waals surface area (Å²) in [4.78, 5) is 12.3. The van der Waals surface area contributed by atoms with Crippen molar-refractivity contribution in [2.45, 2.75) is 38.7 Å². The van der Waals surface area contributed by atoms with Crippen molar-refractivity contribution in [1.29, 1.82) is 0 Å². The van der Waals surface area contributed by atoms with E-state index in [0.717, 1.165) is 24.3 Å². The third-order valence-electron chi connectivity index (χ3n) is 4.81. The van der Waals surface area contributed by atoms with Gasteiger partial charge < -0.3 is 14.8 Å². The monoisotopic (exact) mass is 353 g/mol. The number of ether oxygens (including phenoxy) is 2. The van der Waals surface area contributed by atoms with Crippen molar-refractivity contribution in [3.63, 3.8) is 0 Å². The van der Waals surface area contributed by atoms with Gasteiger partial charge in [-0.1, -0.05) is 36.4 Å². The highest BCUT2D eigenvalue weighted by Gasteiger charge is 2.30. The molecule has 1 saturated heterocycles. The molecule has 0 aromatic heterocycles. The van der Waals surface area contributed by atoms with Gasteiger partial charge in [0.05, 0.1) is 13.2 Å². The fourth-order valence-electron chi connectivity index (χ4n) is 3.52. The van der Waals surface area contributed by atoms with Gasteiger partial charge in [-0.3, -0.25) is 4.79 Å². The normalized spacial score (nSPS) is 19.9. The molecule has 0 radical (unpaired) electrons. The maximum Gasteiger partial charge on any atom is 0.223 e. The maximum absolute atomic E-state index is 12.3. The number of piperidine rings is 1. The molecule has 0 aliphatic carbocycles. The van der Waals surface area contributed by atoms with E-state index in [-0.39, 0.29) is 23.8 Å². The second-order valence-electron chi connectivity index (χ2n) is 7.14. The minimum atomic E-state index is -0.00674. The molecule has 2 aromatic rings. The molecule has 4 nitrogen and oxygen atoms in total. The topological polar surface area (TPSA) is 47.6 Å². The predicted molar refractivity (Wildman–Crippen MR) is 103 cm³/mol. The lowest BCUT2D eigenvalue weighted by atomic mass is 9.82. The Morgan fingerprint density at radius 1 is 1.12 bits per heavy atom. The van der Waals surface area contributed by atoms with Crippen LogP contribution >= 0.6 is 0 Å². The maximum atomic E-state index is 12.3. The summed E-state index contributed by atoms with van der Waals surface area (Å²) >= 11 is 0. The summed E-state index contributed by atoms with van der Waals surface area (Å²) in [7, 11) is 1.65. The van der Waals surface area contributed by atoms with E-state index < -0.39 is 0 Å². The van der Waals surface area contributed by atoms with Crippen LogP contribution < -0.4 is 14.8 Å². The van der Waals surface area contributed by atoms with Gasteiger partial charge in [-0.2, -0.15) is 0 Å². The number of hydrogen-bond acceptors (Lipinski definition) is 3. The Bertz CT molecular complexity index is 742. The molecule has 0 unspecified atom stereocenters. The van der Waals surface area contributed by atoms with Crippen LogP contribution in [0.4, 0.5) is 0 Å². The highest BCUT2D eigenvalue weighted by molar-refractivity contribution is 5.80. The molecule has 1 heterocycles. The third-order valence-corrected chi connectivity index (χ3v) is 4.81. The highest BCUT2D eigenvalue weighted by Crippen LogP contribution is 2.35. The van der Waals surface area contributed by atoms with Gasteiger partial charge in [-0.25, -0.2) is 0 Å². The Hall–Kier alpha value is -2.49. The zero-order chi connectivity index (χ0) is 18.5. The third kappa shape index (κ3) is 4.37. The summed E-state index contributed by atoms with van der Waals surface area (Å²) in [6.45, 7) is 4.67. The number of amides is 1. The number of benzene rings is 2. The molecule has 0 saturated carbocycles. The van der Waals surface area contributed by atoms with Crippen molar-refractivity contribution in [3.05, 3.63) is 59.7 Å². The Balaban J connectivity index is 1.77. The number of rotatable bonds is 6. The first-order valence-corrected chi connectivity index (χ1v) is 9.23. The van der Waals surface area contributed by atoms with Crippen LogP contribution in [-0.4, -0.2) is 25.7 Å². The molecule has 26 heavy (non-hydrogen) atoms. The van der Waals surface area contributed by atoms with Gasteiger partial charge in [0.25, 0.3) is 0 Å². The molecule has 1 amide bonds. The van der Waals surface area contributed by atoms with Gasteiger partial charge in [0.15, 0.2) is 11.5 Å². The van der Waals surface area contributed by atoms with E-state index >= 15 is 0 Å². The summed E-state index contributed by atoms with van der Waals surface area (Å²) in [6, 6.07) is 16.3. The SMILES string of the molecule is COc1ccc([C@H]2CNC(=O)[C@H](Cc3ccccc3)C2)cc1OC(C)C. The van der Waals surface area contributed by atoms with Crippen LogP contribution in [-0.2, 0) is 11.2 Å². The van der Waals surface area contributed by atoms with Crippen molar-refractivity contribution in [3.8, 4) is 11.5 Å². The first-order valence-electron chi connectivity index (χ1n) is 9.23. The van der Waals surface area contributed by atoms with Crippen LogP contribution in [0.3, 0.4) is 0 Å². The first kappa shape index (κ1) is 18.3. The molecule has 1 fully saturated rings. The van der Waals surface area contributed by atoms with Gasteiger partial charge in [0.1, 0.15) is 0 Å². The molecule has 1 aliphatic rings. The van der Waals surface area contributed by atoms with E-state index in [1.807, 2.05) is 38.1 Å². The average molecular weight is 353 g/mol. The van der Waals surface area contributed by atoms with E-state index in [1.165, 1.54) is 11.1 Å². The summed E-state index contributed by atoms with van der Waals surface area (Å²) in [5.74, 6) is 1.92. The van der Waals surface area contributed by atoms with E-state index in [4.69, 9.17) is 9.47 Å². The summed E-state index contributed by atoms with van der Waals surface area (Å²) < 4.78 is 11.3. The molecule has 138 valence electrons. The van der Waals surface area contributed by atoms with E-state index in [9.17, 15) is 4.79 Å². The van der Waals surface area contributed by atoms with Crippen LogP contribution in [0.1, 0.15) is 37.3 Å². The van der Waals surface area contributed by atoms with E-state index in [0.29, 0.717) is 6.54 Å². The average Bonchev–Trinajstić information content (AvgIpc) is 2.64. The highest BCUT2D eigenvalue weighted by atomic mass is 16.5. The lowest BCUT2D eigenvalue weighted by Crippen LogP contribution is -2.41. The Morgan fingerprint density at radius 2 is 1.88 bits per heavy atom. The molecule has 2 aromatic carbocycles. The largest absolute Gasteiger partial charge is 0.493 e. The zero-order valence-corrected chi connectivity index (χ0v) is 15.7. The number of nitrogens with one attached hydrogen (secondary N) is 1. The first-order chi connectivity index (χ1) is 12.6. The quantitative estimate of drug-likeness (QED) is 0.855. The fraction of sp³-hybridized carbons (Fsp3) is 0.409. The van der Waals surface area contributed by atoms with Crippen LogP contribution in [0.15, 0.2) is 48.5 Å². The number of hydrogen-bond donors (Lipinski definition) is 1. The van der Waals surface area contributed by atoms with Gasteiger partial charge in [-0.15, -0.1) is 0 Å². The number of carbonyl (C=O) groups is 1. The summed E-state index contributed by atoms with van der Waals surface area (Å²) in [5.41, 5.74) is 2.38. The fourth-order valence-corrected chi connectivity index (χ4v) is 3.52. The molecular formula is C22H27NO3. The van der Waals surface area contributed by atoms with Gasteiger partial charge in [0.2, 0.25) is 5.91 Å². The molecular weight excluding hydrogens is 326 g/mol. The second-order valence-corrected chi connectivity index (χ2v) is 7.14. The Kier molecular flexibility index (Phi) is 5.82. The summed E-state index contributed by atoms with van der Waals surface area (Å²) in [5, 5.41) is 3.08. The van der Waals surface area contributed by atoms with E-state index in [2.05, 4.69) is 29.6 Å². The van der Waals surface area contributed by atoms with Crippen molar-refractivity contribution >= 4 is 5.91 Å². The van der Waals surface area contributed by atoms with Gasteiger partial charge in [0, 0.05) is 18.4 Å². The Labute approximate surface area is 155 Å². The molecule has 1 aliphatic heterocycles. The predicted octanol–water partition coefficient (Wildman–Crippen LogP) is 3.94. The number of carbonyl (C=O) groups excluding carboxylic acids is 1. The lowest BCUT2D eigenvalue weighted by Gasteiger charge is -2.30. The van der Waals surface area contributed by atoms with Crippen molar-refractivity contribution in [1.82, 2.24) is 5.32 Å². The van der Waals surface area contributed by atoms with Gasteiger partial charge >= 0.3 is 0 Å². The molecule has 3 rings (SSSR count). The minimum absolute atomic E-state index is 0.00674. The van der Waals surface area contributed by atoms with Crippen molar-refractivity contribution in [2.75, 3.05) is 13.7 Å². The van der Waals surface area contributed by atoms with Crippen LogP contribution in [0, 0.1) is 5.92 Å². The van der Waals surface area contributed by atoms with Crippen LogP contribution in [0.5, 0.6) is 11.5 Å². The van der Waals surface area contributed by atoms with Crippen LogP contribution in [0.2, 0.25) is 0 Å². The molecule has 4 heteroatoms. The number of methoxy groups -OCH3 is 1. The second kappa shape index (κ2) is 8.26. The molecule has 0 bridgehead atoms. The van der Waals surface area contributed by atoms with Gasteiger partial charge in [-0.05, 0) is 49.9 Å². The zero-order valence-electron chi connectivity index (χ0n) is 15.7. The molecule has 2 atom stereocenters.